The van der Waals surface area contributed by atoms with Crippen LogP contribution in [0.4, 0.5) is 5.82 Å². The molecule has 20 heavy (non-hydrogen) atoms. The Morgan fingerprint density at radius 1 is 1.25 bits per heavy atom. The molecule has 0 unspecified atom stereocenters. The molecule has 1 aromatic heterocycles. The van der Waals surface area contributed by atoms with Gasteiger partial charge in [0.15, 0.2) is 5.82 Å². The molecule has 104 valence electrons. The van der Waals surface area contributed by atoms with E-state index in [4.69, 9.17) is 10.5 Å². The Labute approximate surface area is 134 Å². The monoisotopic (exact) mass is 397 g/mol. The minimum atomic E-state index is 0.490. The van der Waals surface area contributed by atoms with E-state index in [1.807, 2.05) is 18.2 Å². The molecule has 0 amide bonds. The van der Waals surface area contributed by atoms with Gasteiger partial charge in [-0.3, -0.25) is 0 Å². The third-order valence-electron chi connectivity index (χ3n) is 3.28. The van der Waals surface area contributed by atoms with Crippen LogP contribution in [0.1, 0.15) is 24.5 Å². The molecule has 1 fully saturated rings. The maximum atomic E-state index is 5.98. The molecule has 1 aliphatic rings. The Kier molecular flexibility index (Phi) is 3.69. The van der Waals surface area contributed by atoms with Gasteiger partial charge in [-0.25, -0.2) is 9.97 Å². The number of rotatable bonds is 3. The van der Waals surface area contributed by atoms with Gasteiger partial charge in [-0.15, -0.1) is 0 Å². The average Bonchev–Trinajstić information content (AvgIpc) is 3.26. The van der Waals surface area contributed by atoms with Crippen molar-refractivity contribution in [3.05, 3.63) is 32.8 Å². The number of nitrogens with zero attached hydrogens (tertiary/aromatic N) is 2. The molecule has 0 atom stereocenters. The van der Waals surface area contributed by atoms with Crippen molar-refractivity contribution < 1.29 is 4.74 Å². The summed E-state index contributed by atoms with van der Waals surface area (Å²) in [7, 11) is 1.64. The fourth-order valence-corrected chi connectivity index (χ4v) is 3.09. The summed E-state index contributed by atoms with van der Waals surface area (Å²) in [6.07, 6.45) is 2.33. The Morgan fingerprint density at radius 3 is 2.60 bits per heavy atom. The van der Waals surface area contributed by atoms with Crippen LogP contribution in [0.15, 0.2) is 27.1 Å². The Morgan fingerprint density at radius 2 is 2.00 bits per heavy atom. The predicted octanol–water partition coefficient (Wildman–Crippen LogP) is 4.14. The Balaban J connectivity index is 2.07. The van der Waals surface area contributed by atoms with Gasteiger partial charge in [0, 0.05) is 11.5 Å². The minimum absolute atomic E-state index is 0.490. The average molecular weight is 399 g/mol. The van der Waals surface area contributed by atoms with Crippen LogP contribution in [0.5, 0.6) is 5.75 Å². The molecule has 0 bridgehead atoms. The second-order valence-electron chi connectivity index (χ2n) is 4.76. The van der Waals surface area contributed by atoms with Gasteiger partial charge in [0.05, 0.1) is 21.7 Å². The first kappa shape index (κ1) is 13.8. The number of nitrogen functional groups attached to an aromatic ring is 1. The summed E-state index contributed by atoms with van der Waals surface area (Å²) >= 11 is 6.96. The number of anilines is 1. The van der Waals surface area contributed by atoms with Crippen LogP contribution in [-0.4, -0.2) is 17.1 Å². The van der Waals surface area contributed by atoms with E-state index >= 15 is 0 Å². The SMILES string of the molecule is COc1ccc(-c2nc(N)c(Br)c(C3CC3)n2)cc1Br. The molecule has 0 radical (unpaired) electrons. The summed E-state index contributed by atoms with van der Waals surface area (Å²) in [5.74, 6) is 2.43. The molecular weight excluding hydrogens is 386 g/mol. The lowest BCUT2D eigenvalue weighted by atomic mass is 10.2. The number of methoxy groups -OCH3 is 1. The molecule has 1 heterocycles. The molecule has 1 aliphatic carbocycles. The largest absolute Gasteiger partial charge is 0.496 e. The van der Waals surface area contributed by atoms with E-state index in [0.717, 1.165) is 26.0 Å². The summed E-state index contributed by atoms with van der Waals surface area (Å²) in [5.41, 5.74) is 7.91. The van der Waals surface area contributed by atoms with Gasteiger partial charge in [0.1, 0.15) is 11.6 Å². The lowest BCUT2D eigenvalue weighted by Gasteiger charge is -2.09. The number of ether oxygens (including phenoxy) is 1. The molecule has 0 saturated heterocycles. The van der Waals surface area contributed by atoms with Crippen molar-refractivity contribution in [1.82, 2.24) is 9.97 Å². The number of hydrogen-bond acceptors (Lipinski definition) is 4. The second-order valence-corrected chi connectivity index (χ2v) is 6.40. The number of hydrogen-bond donors (Lipinski definition) is 1. The van der Waals surface area contributed by atoms with E-state index in [0.29, 0.717) is 17.6 Å². The summed E-state index contributed by atoms with van der Waals surface area (Å²) in [6.45, 7) is 0. The topological polar surface area (TPSA) is 61.0 Å². The molecule has 2 N–H and O–H groups in total. The number of aromatic nitrogens is 2. The van der Waals surface area contributed by atoms with Crippen molar-refractivity contribution in [1.29, 1.82) is 0 Å². The predicted molar refractivity (Wildman–Crippen MR) is 85.8 cm³/mol. The van der Waals surface area contributed by atoms with Crippen LogP contribution in [0.25, 0.3) is 11.4 Å². The highest BCUT2D eigenvalue weighted by Gasteiger charge is 2.29. The van der Waals surface area contributed by atoms with Gasteiger partial charge in [-0.1, -0.05) is 0 Å². The molecule has 0 aliphatic heterocycles. The summed E-state index contributed by atoms with van der Waals surface area (Å²) in [6, 6.07) is 5.76. The fourth-order valence-electron chi connectivity index (χ4n) is 2.04. The zero-order valence-corrected chi connectivity index (χ0v) is 14.0. The third kappa shape index (κ3) is 2.54. The summed E-state index contributed by atoms with van der Waals surface area (Å²) in [4.78, 5) is 9.03. The van der Waals surface area contributed by atoms with Crippen LogP contribution >= 0.6 is 31.9 Å². The molecular formula is C14H13Br2N3O. The van der Waals surface area contributed by atoms with E-state index < -0.39 is 0 Å². The lowest BCUT2D eigenvalue weighted by Crippen LogP contribution is -2.02. The highest BCUT2D eigenvalue weighted by atomic mass is 79.9. The standard InChI is InChI=1S/C14H13Br2N3O/c1-20-10-5-4-8(6-9(10)15)14-18-12(7-2-3-7)11(16)13(17)19-14/h4-7H,2-3H2,1H3,(H2,17,18,19). The van der Waals surface area contributed by atoms with Crippen LogP contribution in [0, 0.1) is 0 Å². The van der Waals surface area contributed by atoms with Gasteiger partial charge < -0.3 is 10.5 Å². The fraction of sp³-hybridized carbons (Fsp3) is 0.286. The zero-order valence-electron chi connectivity index (χ0n) is 10.9. The van der Waals surface area contributed by atoms with Gasteiger partial charge in [0.2, 0.25) is 0 Å². The molecule has 3 rings (SSSR count). The third-order valence-corrected chi connectivity index (χ3v) is 4.71. The maximum Gasteiger partial charge on any atom is 0.161 e. The Hall–Kier alpha value is -1.14. The van der Waals surface area contributed by atoms with Gasteiger partial charge >= 0.3 is 0 Å². The van der Waals surface area contributed by atoms with E-state index in [9.17, 15) is 0 Å². The van der Waals surface area contributed by atoms with E-state index in [-0.39, 0.29) is 0 Å². The van der Waals surface area contributed by atoms with Crippen LogP contribution in [0.3, 0.4) is 0 Å². The molecule has 1 saturated carbocycles. The quantitative estimate of drug-likeness (QED) is 0.843. The van der Waals surface area contributed by atoms with Crippen molar-refractivity contribution >= 4 is 37.7 Å². The van der Waals surface area contributed by atoms with Crippen molar-refractivity contribution in [2.24, 2.45) is 0 Å². The first-order chi connectivity index (χ1) is 9.60. The molecule has 6 heteroatoms. The van der Waals surface area contributed by atoms with Gasteiger partial charge in [-0.05, 0) is 62.9 Å². The van der Waals surface area contributed by atoms with E-state index in [1.165, 1.54) is 12.8 Å². The maximum absolute atomic E-state index is 5.98. The molecule has 2 aromatic rings. The van der Waals surface area contributed by atoms with Crippen molar-refractivity contribution in [3.63, 3.8) is 0 Å². The number of benzene rings is 1. The van der Waals surface area contributed by atoms with E-state index in [1.54, 1.807) is 7.11 Å². The van der Waals surface area contributed by atoms with Crippen molar-refractivity contribution in [2.75, 3.05) is 12.8 Å². The summed E-state index contributed by atoms with van der Waals surface area (Å²) < 4.78 is 6.93. The lowest BCUT2D eigenvalue weighted by molar-refractivity contribution is 0.412. The molecule has 0 spiro atoms. The molecule has 1 aromatic carbocycles. The van der Waals surface area contributed by atoms with Crippen LogP contribution in [0.2, 0.25) is 0 Å². The highest BCUT2D eigenvalue weighted by Crippen LogP contribution is 2.44. The van der Waals surface area contributed by atoms with Crippen LogP contribution < -0.4 is 10.5 Å². The van der Waals surface area contributed by atoms with Gasteiger partial charge in [0.25, 0.3) is 0 Å². The van der Waals surface area contributed by atoms with Gasteiger partial charge in [-0.2, -0.15) is 0 Å². The smallest absolute Gasteiger partial charge is 0.161 e. The first-order valence-corrected chi connectivity index (χ1v) is 7.85. The minimum Gasteiger partial charge on any atom is -0.496 e. The highest BCUT2D eigenvalue weighted by molar-refractivity contribution is 9.11. The number of nitrogens with two attached hydrogens (primary N) is 1. The Bertz CT molecular complexity index is 672. The first-order valence-electron chi connectivity index (χ1n) is 6.27. The van der Waals surface area contributed by atoms with E-state index in [2.05, 4.69) is 41.8 Å². The van der Waals surface area contributed by atoms with Crippen molar-refractivity contribution in [2.45, 2.75) is 18.8 Å². The normalized spacial score (nSPS) is 14.3. The summed E-state index contributed by atoms with van der Waals surface area (Å²) in [5, 5.41) is 0. The van der Waals surface area contributed by atoms with Crippen LogP contribution in [-0.2, 0) is 0 Å². The zero-order chi connectivity index (χ0) is 14.3. The number of halogens is 2. The second kappa shape index (κ2) is 5.33. The van der Waals surface area contributed by atoms with Crippen molar-refractivity contribution in [3.8, 4) is 17.1 Å². The molecule has 4 nitrogen and oxygen atoms in total.